The van der Waals surface area contributed by atoms with E-state index in [1.807, 2.05) is 27.7 Å². The smallest absolute Gasteiger partial charge is 0.292 e. The number of Topliss-reactive ketones (excluding diaryl/α,β-unsaturated/α-hetero) is 1. The van der Waals surface area contributed by atoms with Gasteiger partial charge >= 0.3 is 0 Å². The molecule has 0 saturated heterocycles. The molecule has 138 valence electrons. The molecule has 0 radical (unpaired) electrons. The van der Waals surface area contributed by atoms with Crippen LogP contribution in [0.5, 0.6) is 0 Å². The number of thiophene rings is 1. The van der Waals surface area contributed by atoms with E-state index in [9.17, 15) is 14.4 Å². The van der Waals surface area contributed by atoms with Crippen molar-refractivity contribution in [3.63, 3.8) is 0 Å². The summed E-state index contributed by atoms with van der Waals surface area (Å²) in [5.41, 5.74) is 4.76. The van der Waals surface area contributed by atoms with Gasteiger partial charge < -0.3 is 15.8 Å². The van der Waals surface area contributed by atoms with Crippen LogP contribution >= 0.6 is 11.3 Å². The van der Waals surface area contributed by atoms with Crippen molar-refractivity contribution in [2.45, 2.75) is 66.1 Å². The SMILES string of the molecule is CC1(C)Cc2c(sc(NC(=O)C(=O)C(C)(C)C)c2C(N)=O)C(C)(C)O1. The number of carbonyl (C=O) groups excluding carboxylic acids is 3. The number of ether oxygens (including phenoxy) is 1. The first-order valence-electron chi connectivity index (χ1n) is 8.17. The zero-order valence-corrected chi connectivity index (χ0v) is 16.6. The van der Waals surface area contributed by atoms with E-state index in [1.165, 1.54) is 11.3 Å². The Balaban J connectivity index is 2.52. The Morgan fingerprint density at radius 3 is 2.20 bits per heavy atom. The maximum absolute atomic E-state index is 12.3. The number of primary amides is 1. The summed E-state index contributed by atoms with van der Waals surface area (Å²) in [7, 11) is 0. The first-order chi connectivity index (χ1) is 11.2. The summed E-state index contributed by atoms with van der Waals surface area (Å²) in [6, 6.07) is 0. The molecular formula is C18H26N2O4S. The number of amides is 2. The fraction of sp³-hybridized carbons (Fsp3) is 0.611. The van der Waals surface area contributed by atoms with Gasteiger partial charge in [-0.05, 0) is 33.3 Å². The van der Waals surface area contributed by atoms with Crippen molar-refractivity contribution in [1.82, 2.24) is 0 Å². The number of rotatable bonds is 3. The third kappa shape index (κ3) is 3.77. The van der Waals surface area contributed by atoms with E-state index < -0.39 is 34.2 Å². The lowest BCUT2D eigenvalue weighted by atomic mass is 9.86. The Morgan fingerprint density at radius 2 is 1.72 bits per heavy atom. The van der Waals surface area contributed by atoms with Crippen molar-refractivity contribution in [1.29, 1.82) is 0 Å². The van der Waals surface area contributed by atoms with E-state index in [-0.39, 0.29) is 5.56 Å². The molecule has 2 heterocycles. The quantitative estimate of drug-likeness (QED) is 0.803. The topological polar surface area (TPSA) is 98.5 Å². The predicted octanol–water partition coefficient (Wildman–Crippen LogP) is 2.99. The van der Waals surface area contributed by atoms with Crippen LogP contribution in [-0.2, 0) is 26.3 Å². The van der Waals surface area contributed by atoms with Gasteiger partial charge in [0.05, 0.1) is 16.8 Å². The summed E-state index contributed by atoms with van der Waals surface area (Å²) in [6.45, 7) is 12.7. The van der Waals surface area contributed by atoms with Crippen LogP contribution < -0.4 is 11.1 Å². The molecule has 0 atom stereocenters. The van der Waals surface area contributed by atoms with E-state index >= 15 is 0 Å². The highest BCUT2D eigenvalue weighted by Crippen LogP contribution is 2.48. The lowest BCUT2D eigenvalue weighted by Crippen LogP contribution is -2.42. The third-order valence-electron chi connectivity index (χ3n) is 4.05. The fourth-order valence-electron chi connectivity index (χ4n) is 3.17. The van der Waals surface area contributed by atoms with Gasteiger partial charge in [-0.1, -0.05) is 20.8 Å². The number of hydrogen-bond acceptors (Lipinski definition) is 5. The highest BCUT2D eigenvalue weighted by atomic mass is 32.1. The highest BCUT2D eigenvalue weighted by molar-refractivity contribution is 7.17. The number of nitrogens with one attached hydrogen (secondary N) is 1. The van der Waals surface area contributed by atoms with Gasteiger partial charge in [0, 0.05) is 16.7 Å². The molecule has 0 aliphatic carbocycles. The number of carbonyl (C=O) groups is 3. The Bertz CT molecular complexity index is 754. The maximum Gasteiger partial charge on any atom is 0.292 e. The highest BCUT2D eigenvalue weighted by Gasteiger charge is 2.43. The minimum Gasteiger partial charge on any atom is -0.365 e. The van der Waals surface area contributed by atoms with Gasteiger partial charge in [0.1, 0.15) is 5.00 Å². The van der Waals surface area contributed by atoms with Crippen molar-refractivity contribution in [3.8, 4) is 0 Å². The second kappa shape index (κ2) is 5.92. The molecule has 0 aromatic carbocycles. The molecule has 0 spiro atoms. The van der Waals surface area contributed by atoms with Gasteiger partial charge in [-0.3, -0.25) is 14.4 Å². The van der Waals surface area contributed by atoms with E-state index in [1.54, 1.807) is 20.8 Å². The Morgan fingerprint density at radius 1 is 1.16 bits per heavy atom. The Kier molecular flexibility index (Phi) is 4.64. The van der Waals surface area contributed by atoms with E-state index in [2.05, 4.69) is 5.32 Å². The number of fused-ring (bicyclic) bond motifs is 1. The van der Waals surface area contributed by atoms with Crippen LogP contribution in [-0.4, -0.2) is 23.2 Å². The molecule has 3 N–H and O–H groups in total. The zero-order chi connectivity index (χ0) is 19.4. The fourth-order valence-corrected chi connectivity index (χ4v) is 4.43. The number of nitrogens with two attached hydrogens (primary N) is 1. The Hall–Kier alpha value is -1.73. The molecule has 2 rings (SSSR count). The molecule has 0 bridgehead atoms. The van der Waals surface area contributed by atoms with Gasteiger partial charge in [0.25, 0.3) is 11.8 Å². The molecule has 0 saturated carbocycles. The summed E-state index contributed by atoms with van der Waals surface area (Å²) in [4.78, 5) is 37.4. The molecule has 0 unspecified atom stereocenters. The monoisotopic (exact) mass is 366 g/mol. The average molecular weight is 366 g/mol. The minimum absolute atomic E-state index is 0.277. The van der Waals surface area contributed by atoms with Gasteiger partial charge in [-0.15, -0.1) is 11.3 Å². The molecule has 2 amide bonds. The van der Waals surface area contributed by atoms with Crippen molar-refractivity contribution in [2.75, 3.05) is 5.32 Å². The van der Waals surface area contributed by atoms with E-state index in [0.717, 1.165) is 10.4 Å². The van der Waals surface area contributed by atoms with Crippen LogP contribution in [0.4, 0.5) is 5.00 Å². The summed E-state index contributed by atoms with van der Waals surface area (Å²) < 4.78 is 6.12. The molecular weight excluding hydrogens is 340 g/mol. The van der Waals surface area contributed by atoms with Crippen LogP contribution in [0.1, 0.15) is 69.3 Å². The molecule has 7 heteroatoms. The Labute approximate surface area is 152 Å². The summed E-state index contributed by atoms with van der Waals surface area (Å²) in [5, 5.41) is 2.91. The molecule has 1 aliphatic heterocycles. The second-order valence-corrected chi connectivity index (χ2v) is 9.58. The van der Waals surface area contributed by atoms with Crippen molar-refractivity contribution < 1.29 is 19.1 Å². The van der Waals surface area contributed by atoms with Crippen LogP contribution in [0.2, 0.25) is 0 Å². The minimum atomic E-state index is -0.807. The van der Waals surface area contributed by atoms with E-state index in [0.29, 0.717) is 11.4 Å². The molecule has 25 heavy (non-hydrogen) atoms. The van der Waals surface area contributed by atoms with Crippen molar-refractivity contribution in [3.05, 3.63) is 16.0 Å². The van der Waals surface area contributed by atoms with Gasteiger partial charge in [-0.25, -0.2) is 0 Å². The zero-order valence-electron chi connectivity index (χ0n) is 15.8. The molecule has 1 aromatic heterocycles. The summed E-state index contributed by atoms with van der Waals surface area (Å²) >= 11 is 1.24. The predicted molar refractivity (Wildman–Crippen MR) is 97.8 cm³/mol. The summed E-state index contributed by atoms with van der Waals surface area (Å²) in [5.74, 6) is -1.92. The number of anilines is 1. The van der Waals surface area contributed by atoms with E-state index in [4.69, 9.17) is 10.5 Å². The second-order valence-electron chi connectivity index (χ2n) is 8.56. The van der Waals surface area contributed by atoms with Crippen LogP contribution in [0.3, 0.4) is 0 Å². The van der Waals surface area contributed by atoms with Crippen LogP contribution in [0.15, 0.2) is 0 Å². The van der Waals surface area contributed by atoms with Crippen molar-refractivity contribution >= 4 is 33.9 Å². The molecule has 0 fully saturated rings. The van der Waals surface area contributed by atoms with Crippen LogP contribution in [0, 0.1) is 5.41 Å². The lowest BCUT2D eigenvalue weighted by molar-refractivity contribution is -0.139. The van der Waals surface area contributed by atoms with Crippen molar-refractivity contribution in [2.24, 2.45) is 11.1 Å². The van der Waals surface area contributed by atoms with Gasteiger partial charge in [0.2, 0.25) is 5.78 Å². The van der Waals surface area contributed by atoms with Gasteiger partial charge in [-0.2, -0.15) is 0 Å². The first kappa shape index (κ1) is 19.6. The third-order valence-corrected chi connectivity index (χ3v) is 5.50. The largest absolute Gasteiger partial charge is 0.365 e. The van der Waals surface area contributed by atoms with Gasteiger partial charge in [0.15, 0.2) is 0 Å². The first-order valence-corrected chi connectivity index (χ1v) is 8.99. The molecule has 1 aliphatic rings. The van der Waals surface area contributed by atoms with Crippen LogP contribution in [0.25, 0.3) is 0 Å². The lowest BCUT2D eigenvalue weighted by Gasteiger charge is -2.41. The normalized spacial score (nSPS) is 18.4. The standard InChI is InChI=1S/C18H26N2O4S/c1-16(2,3)11(21)14(23)20-15-10(13(19)22)9-8-17(4,5)24-18(6,7)12(9)25-15/h8H2,1-7H3,(H2,19,22)(H,20,23). The number of hydrogen-bond donors (Lipinski definition) is 2. The molecule has 6 nitrogen and oxygen atoms in total. The number of ketones is 1. The molecule has 1 aromatic rings. The average Bonchev–Trinajstić information content (AvgIpc) is 2.73. The maximum atomic E-state index is 12.3. The summed E-state index contributed by atoms with van der Waals surface area (Å²) in [6.07, 6.45) is 0.504.